The minimum atomic E-state index is 0.552. The Morgan fingerprint density at radius 2 is 1.94 bits per heavy atom. The van der Waals surface area contributed by atoms with E-state index >= 15 is 0 Å². The second-order valence-electron chi connectivity index (χ2n) is 4.46. The molecule has 0 aliphatic heterocycles. The van der Waals surface area contributed by atoms with Crippen LogP contribution in [0.5, 0.6) is 0 Å². The van der Waals surface area contributed by atoms with Gasteiger partial charge in [-0.2, -0.15) is 0 Å². The van der Waals surface area contributed by atoms with Crippen LogP contribution in [0.3, 0.4) is 0 Å². The van der Waals surface area contributed by atoms with Crippen molar-refractivity contribution < 1.29 is 4.79 Å². The molecule has 0 saturated carbocycles. The lowest BCUT2D eigenvalue weighted by atomic mass is 9.95. The highest BCUT2D eigenvalue weighted by Crippen LogP contribution is 2.21. The zero-order chi connectivity index (χ0) is 12.0. The fraction of sp³-hybridized carbons (Fsp3) is 0.400. The molecule has 86 valence electrons. The molecule has 0 N–H and O–H groups in total. The van der Waals surface area contributed by atoms with Gasteiger partial charge >= 0.3 is 0 Å². The summed E-state index contributed by atoms with van der Waals surface area (Å²) in [6.07, 6.45) is 4.99. The minimum absolute atomic E-state index is 0.552. The number of rotatable bonds is 5. The average molecular weight is 216 g/mol. The third-order valence-electron chi connectivity index (χ3n) is 2.90. The van der Waals surface area contributed by atoms with Crippen LogP contribution in [0.15, 0.2) is 35.9 Å². The SMILES string of the molecule is C/C(C=O)=C\CCC(C)c1ccc(C)cc1. The van der Waals surface area contributed by atoms with E-state index in [1.165, 1.54) is 11.1 Å². The van der Waals surface area contributed by atoms with Crippen LogP contribution >= 0.6 is 0 Å². The van der Waals surface area contributed by atoms with Gasteiger partial charge in [-0.1, -0.05) is 42.8 Å². The maximum absolute atomic E-state index is 10.4. The first-order valence-corrected chi connectivity index (χ1v) is 5.82. The van der Waals surface area contributed by atoms with Crippen LogP contribution in [0, 0.1) is 6.92 Å². The van der Waals surface area contributed by atoms with E-state index in [2.05, 4.69) is 38.1 Å². The molecule has 1 atom stereocenters. The summed E-state index contributed by atoms with van der Waals surface area (Å²) >= 11 is 0. The maximum Gasteiger partial charge on any atom is 0.145 e. The van der Waals surface area contributed by atoms with Crippen LogP contribution < -0.4 is 0 Å². The van der Waals surface area contributed by atoms with Crippen LogP contribution in [0.1, 0.15) is 43.7 Å². The first-order chi connectivity index (χ1) is 7.63. The third kappa shape index (κ3) is 4.01. The molecule has 0 spiro atoms. The Morgan fingerprint density at radius 3 is 2.50 bits per heavy atom. The topological polar surface area (TPSA) is 17.1 Å². The normalized spacial score (nSPS) is 13.6. The first kappa shape index (κ1) is 12.7. The van der Waals surface area contributed by atoms with Crippen molar-refractivity contribution in [3.63, 3.8) is 0 Å². The van der Waals surface area contributed by atoms with E-state index in [1.807, 2.05) is 13.0 Å². The fourth-order valence-corrected chi connectivity index (χ4v) is 1.67. The van der Waals surface area contributed by atoms with Gasteiger partial charge in [0.25, 0.3) is 0 Å². The summed E-state index contributed by atoms with van der Waals surface area (Å²) in [4.78, 5) is 10.4. The van der Waals surface area contributed by atoms with E-state index < -0.39 is 0 Å². The lowest BCUT2D eigenvalue weighted by Crippen LogP contribution is -1.93. The molecule has 0 aliphatic carbocycles. The van der Waals surface area contributed by atoms with E-state index in [0.717, 1.165) is 24.7 Å². The summed E-state index contributed by atoms with van der Waals surface area (Å²) in [6.45, 7) is 6.18. The predicted octanol–water partition coefficient (Wildman–Crippen LogP) is 4.02. The summed E-state index contributed by atoms with van der Waals surface area (Å²) in [5.41, 5.74) is 3.51. The van der Waals surface area contributed by atoms with Crippen LogP contribution in [-0.4, -0.2) is 6.29 Å². The molecule has 1 nitrogen and oxygen atoms in total. The monoisotopic (exact) mass is 216 g/mol. The van der Waals surface area contributed by atoms with Crippen LogP contribution in [-0.2, 0) is 4.79 Å². The first-order valence-electron chi connectivity index (χ1n) is 5.82. The third-order valence-corrected chi connectivity index (χ3v) is 2.90. The number of aryl methyl sites for hydroxylation is 1. The Hall–Kier alpha value is -1.37. The number of hydrogen-bond acceptors (Lipinski definition) is 1. The highest BCUT2D eigenvalue weighted by molar-refractivity contribution is 5.71. The Balaban J connectivity index is 2.49. The highest BCUT2D eigenvalue weighted by atomic mass is 16.1. The molecule has 0 fully saturated rings. The molecule has 0 aromatic heterocycles. The summed E-state index contributed by atoms with van der Waals surface area (Å²) in [5.74, 6) is 0.552. The van der Waals surface area contributed by atoms with Crippen LogP contribution in [0.4, 0.5) is 0 Å². The predicted molar refractivity (Wildman–Crippen MR) is 68.6 cm³/mol. The van der Waals surface area contributed by atoms with Crippen molar-refractivity contribution in [2.75, 3.05) is 0 Å². The molecule has 1 aromatic rings. The molecular weight excluding hydrogens is 196 g/mol. The zero-order valence-corrected chi connectivity index (χ0v) is 10.4. The summed E-state index contributed by atoms with van der Waals surface area (Å²) in [7, 11) is 0. The Kier molecular flexibility index (Phi) is 4.97. The quantitative estimate of drug-likeness (QED) is 0.536. The Morgan fingerprint density at radius 1 is 1.31 bits per heavy atom. The lowest BCUT2D eigenvalue weighted by Gasteiger charge is -2.10. The highest BCUT2D eigenvalue weighted by Gasteiger charge is 2.03. The fourth-order valence-electron chi connectivity index (χ4n) is 1.67. The molecule has 1 unspecified atom stereocenters. The van der Waals surface area contributed by atoms with E-state index in [-0.39, 0.29) is 0 Å². The molecule has 0 amide bonds. The van der Waals surface area contributed by atoms with Crippen molar-refractivity contribution in [2.24, 2.45) is 0 Å². The van der Waals surface area contributed by atoms with Crippen molar-refractivity contribution in [2.45, 2.75) is 39.5 Å². The van der Waals surface area contributed by atoms with E-state index in [0.29, 0.717) is 5.92 Å². The van der Waals surface area contributed by atoms with Crippen molar-refractivity contribution in [3.05, 3.63) is 47.0 Å². The molecular formula is C15H20O. The zero-order valence-electron chi connectivity index (χ0n) is 10.4. The number of carbonyl (C=O) groups excluding carboxylic acids is 1. The second kappa shape index (κ2) is 6.26. The van der Waals surface area contributed by atoms with Gasteiger partial charge in [0.2, 0.25) is 0 Å². The molecule has 16 heavy (non-hydrogen) atoms. The smallest absolute Gasteiger partial charge is 0.145 e. The summed E-state index contributed by atoms with van der Waals surface area (Å²) in [6, 6.07) is 8.68. The van der Waals surface area contributed by atoms with Gasteiger partial charge < -0.3 is 0 Å². The van der Waals surface area contributed by atoms with Crippen molar-refractivity contribution in [1.29, 1.82) is 0 Å². The number of carbonyl (C=O) groups is 1. The summed E-state index contributed by atoms with van der Waals surface area (Å²) < 4.78 is 0. The molecule has 0 saturated heterocycles. The number of hydrogen-bond donors (Lipinski definition) is 0. The Labute approximate surface area is 98.2 Å². The molecule has 1 heteroatoms. The van der Waals surface area contributed by atoms with E-state index in [1.54, 1.807) is 0 Å². The second-order valence-corrected chi connectivity index (χ2v) is 4.46. The van der Waals surface area contributed by atoms with Crippen molar-refractivity contribution in [3.8, 4) is 0 Å². The largest absolute Gasteiger partial charge is 0.298 e. The molecule has 0 aliphatic rings. The molecule has 1 rings (SSSR count). The van der Waals surface area contributed by atoms with Gasteiger partial charge in [-0.25, -0.2) is 0 Å². The minimum Gasteiger partial charge on any atom is -0.298 e. The van der Waals surface area contributed by atoms with E-state index in [9.17, 15) is 4.79 Å². The van der Waals surface area contributed by atoms with Crippen LogP contribution in [0.2, 0.25) is 0 Å². The standard InChI is InChI=1S/C15H20O/c1-12-7-9-15(10-8-12)14(3)6-4-5-13(2)11-16/h5,7-11,14H,4,6H2,1-3H3/b13-5+. The van der Waals surface area contributed by atoms with Gasteiger partial charge in [0.15, 0.2) is 0 Å². The van der Waals surface area contributed by atoms with Gasteiger partial charge in [0.05, 0.1) is 0 Å². The van der Waals surface area contributed by atoms with Crippen molar-refractivity contribution >= 4 is 6.29 Å². The number of allylic oxidation sites excluding steroid dienone is 2. The maximum atomic E-state index is 10.4. The van der Waals surface area contributed by atoms with Gasteiger partial charge in [0.1, 0.15) is 6.29 Å². The van der Waals surface area contributed by atoms with E-state index in [4.69, 9.17) is 0 Å². The average Bonchev–Trinajstić information content (AvgIpc) is 2.29. The molecule has 0 bridgehead atoms. The van der Waals surface area contributed by atoms with Gasteiger partial charge in [-0.05, 0) is 43.7 Å². The number of benzene rings is 1. The van der Waals surface area contributed by atoms with Gasteiger partial charge in [-0.3, -0.25) is 4.79 Å². The number of aldehydes is 1. The lowest BCUT2D eigenvalue weighted by molar-refractivity contribution is -0.104. The van der Waals surface area contributed by atoms with Crippen LogP contribution in [0.25, 0.3) is 0 Å². The van der Waals surface area contributed by atoms with Crippen molar-refractivity contribution in [1.82, 2.24) is 0 Å². The molecule has 0 heterocycles. The Bertz CT molecular complexity index is 360. The van der Waals surface area contributed by atoms with Gasteiger partial charge in [-0.15, -0.1) is 0 Å². The molecule has 1 aromatic carbocycles. The molecule has 0 radical (unpaired) electrons. The van der Waals surface area contributed by atoms with Gasteiger partial charge in [0, 0.05) is 0 Å². The summed E-state index contributed by atoms with van der Waals surface area (Å²) in [5, 5.41) is 0.